The molecular weight excluding hydrogens is 352 g/mol. The maximum atomic E-state index is 6.64. The average molecular weight is 367 g/mol. The maximum Gasteiger partial charge on any atom is 0.151 e. The lowest BCUT2D eigenvalue weighted by Gasteiger charge is -2.39. The summed E-state index contributed by atoms with van der Waals surface area (Å²) in [5.41, 5.74) is 6.86. The van der Waals surface area contributed by atoms with Crippen LogP contribution in [0.25, 0.3) is 11.1 Å². The first-order valence-electron chi connectivity index (χ1n) is 9.07. The molecule has 1 nitrogen and oxygen atoms in total. The summed E-state index contributed by atoms with van der Waals surface area (Å²) < 4.78 is 6.35. The van der Waals surface area contributed by atoms with E-state index >= 15 is 0 Å². The van der Waals surface area contributed by atoms with E-state index in [-0.39, 0.29) is 0 Å². The Kier molecular flexibility index (Phi) is 2.93. The molecule has 4 aromatic carbocycles. The van der Waals surface area contributed by atoms with Crippen molar-refractivity contribution in [1.82, 2.24) is 0 Å². The molecule has 2 heteroatoms. The zero-order valence-electron chi connectivity index (χ0n) is 14.4. The Morgan fingerprint density at radius 1 is 0.630 bits per heavy atom. The van der Waals surface area contributed by atoms with E-state index in [0.717, 1.165) is 22.6 Å². The van der Waals surface area contributed by atoms with Crippen molar-refractivity contribution in [3.8, 4) is 22.6 Å². The molecule has 1 unspecified atom stereocenters. The van der Waals surface area contributed by atoms with E-state index in [0.29, 0.717) is 5.02 Å². The molecule has 0 saturated carbocycles. The Morgan fingerprint density at radius 2 is 1.33 bits per heavy atom. The molecule has 0 bridgehead atoms. The molecule has 27 heavy (non-hydrogen) atoms. The van der Waals surface area contributed by atoms with Gasteiger partial charge in [-0.3, -0.25) is 0 Å². The van der Waals surface area contributed by atoms with Gasteiger partial charge in [-0.25, -0.2) is 0 Å². The van der Waals surface area contributed by atoms with E-state index in [1.165, 1.54) is 22.3 Å². The first-order chi connectivity index (χ1) is 13.3. The summed E-state index contributed by atoms with van der Waals surface area (Å²) in [6.07, 6.45) is 0. The van der Waals surface area contributed by atoms with Crippen LogP contribution in [0.1, 0.15) is 22.3 Å². The summed E-state index contributed by atoms with van der Waals surface area (Å²) in [6.45, 7) is 0. The summed E-state index contributed by atoms with van der Waals surface area (Å²) in [7, 11) is 0. The Morgan fingerprint density at radius 3 is 2.19 bits per heavy atom. The van der Waals surface area contributed by atoms with Gasteiger partial charge in [0.15, 0.2) is 5.75 Å². The molecule has 6 rings (SSSR count). The Labute approximate surface area is 162 Å². The molecule has 1 aliphatic carbocycles. The second-order valence-corrected chi connectivity index (χ2v) is 7.47. The minimum Gasteiger partial charge on any atom is -0.455 e. The van der Waals surface area contributed by atoms with Crippen LogP contribution in [0.15, 0.2) is 91.0 Å². The molecule has 4 aromatic rings. The zero-order chi connectivity index (χ0) is 18.0. The molecule has 1 atom stereocenters. The highest BCUT2D eigenvalue weighted by Crippen LogP contribution is 2.64. The van der Waals surface area contributed by atoms with E-state index in [4.69, 9.17) is 16.3 Å². The topological polar surface area (TPSA) is 9.23 Å². The van der Waals surface area contributed by atoms with Gasteiger partial charge >= 0.3 is 0 Å². The predicted octanol–water partition coefficient (Wildman–Crippen LogP) is 6.81. The van der Waals surface area contributed by atoms with Crippen LogP contribution in [0.3, 0.4) is 0 Å². The van der Waals surface area contributed by atoms with E-state index < -0.39 is 5.41 Å². The van der Waals surface area contributed by atoms with Crippen molar-refractivity contribution in [1.29, 1.82) is 0 Å². The molecule has 128 valence electrons. The molecule has 0 fully saturated rings. The largest absolute Gasteiger partial charge is 0.455 e. The fourth-order valence-corrected chi connectivity index (χ4v) is 5.03. The van der Waals surface area contributed by atoms with Gasteiger partial charge in [0.1, 0.15) is 5.75 Å². The van der Waals surface area contributed by atoms with Crippen LogP contribution < -0.4 is 4.74 Å². The van der Waals surface area contributed by atoms with Crippen molar-refractivity contribution < 1.29 is 4.74 Å². The van der Waals surface area contributed by atoms with Crippen LogP contribution in [-0.4, -0.2) is 0 Å². The van der Waals surface area contributed by atoms with Gasteiger partial charge in [-0.05, 0) is 34.4 Å². The predicted molar refractivity (Wildman–Crippen MR) is 109 cm³/mol. The molecule has 2 aliphatic rings. The molecular formula is C25H15ClO. The third kappa shape index (κ3) is 1.75. The quantitative estimate of drug-likeness (QED) is 0.310. The van der Waals surface area contributed by atoms with Crippen molar-refractivity contribution in [3.05, 3.63) is 118 Å². The summed E-state index contributed by atoms with van der Waals surface area (Å²) in [5, 5.41) is 0.649. The van der Waals surface area contributed by atoms with Crippen molar-refractivity contribution >= 4 is 11.6 Å². The van der Waals surface area contributed by atoms with Crippen LogP contribution in [0, 0.1) is 0 Å². The van der Waals surface area contributed by atoms with Gasteiger partial charge < -0.3 is 4.74 Å². The molecule has 0 radical (unpaired) electrons. The highest BCUT2D eigenvalue weighted by atomic mass is 35.5. The minimum absolute atomic E-state index is 0.414. The van der Waals surface area contributed by atoms with Crippen LogP contribution >= 0.6 is 11.6 Å². The standard InChI is InChI=1S/C25H15ClO/c26-21-15-14-18-17-10-4-5-11-19(17)25(16-8-2-1-3-9-16)20-12-6-7-13-22(20)27-24(21)23(18)25/h1-15H. The summed E-state index contributed by atoms with van der Waals surface area (Å²) >= 11 is 6.64. The first-order valence-corrected chi connectivity index (χ1v) is 9.45. The second kappa shape index (κ2) is 5.25. The Hall–Kier alpha value is -3.03. The molecule has 1 aliphatic heterocycles. The molecule has 1 heterocycles. The van der Waals surface area contributed by atoms with Gasteiger partial charge in [0, 0.05) is 11.1 Å². The van der Waals surface area contributed by atoms with Crippen LogP contribution in [0.4, 0.5) is 0 Å². The molecule has 0 spiro atoms. The molecule has 0 N–H and O–H groups in total. The second-order valence-electron chi connectivity index (χ2n) is 7.06. The van der Waals surface area contributed by atoms with E-state index in [1.807, 2.05) is 18.2 Å². The Bertz CT molecular complexity index is 1210. The third-order valence-electron chi connectivity index (χ3n) is 5.82. The van der Waals surface area contributed by atoms with Gasteiger partial charge in [0.05, 0.1) is 10.4 Å². The zero-order valence-corrected chi connectivity index (χ0v) is 15.2. The van der Waals surface area contributed by atoms with Crippen LogP contribution in [0.5, 0.6) is 11.5 Å². The normalized spacial score (nSPS) is 18.3. The molecule has 0 amide bonds. The van der Waals surface area contributed by atoms with E-state index in [9.17, 15) is 0 Å². The molecule has 0 aromatic heterocycles. The summed E-state index contributed by atoms with van der Waals surface area (Å²) in [5.74, 6) is 1.64. The van der Waals surface area contributed by atoms with E-state index in [1.54, 1.807) is 0 Å². The van der Waals surface area contributed by atoms with Crippen LogP contribution in [-0.2, 0) is 5.41 Å². The van der Waals surface area contributed by atoms with Crippen molar-refractivity contribution in [2.75, 3.05) is 0 Å². The third-order valence-corrected chi connectivity index (χ3v) is 6.11. The fourth-order valence-electron chi connectivity index (χ4n) is 4.83. The first kappa shape index (κ1) is 15.1. The minimum atomic E-state index is -0.414. The number of para-hydroxylation sites is 1. The smallest absolute Gasteiger partial charge is 0.151 e. The highest BCUT2D eigenvalue weighted by molar-refractivity contribution is 6.32. The highest BCUT2D eigenvalue weighted by Gasteiger charge is 2.52. The van der Waals surface area contributed by atoms with Gasteiger partial charge in [0.2, 0.25) is 0 Å². The van der Waals surface area contributed by atoms with Gasteiger partial charge in [-0.15, -0.1) is 0 Å². The van der Waals surface area contributed by atoms with Gasteiger partial charge in [-0.2, -0.15) is 0 Å². The SMILES string of the molecule is Clc1ccc2c3c1Oc1ccccc1C3(c1ccccc1)c1ccccc1-2. The number of ether oxygens (including phenoxy) is 1. The Balaban J connectivity index is 1.89. The summed E-state index contributed by atoms with van der Waals surface area (Å²) in [6, 6.07) is 31.7. The number of fused-ring (bicyclic) bond motifs is 5. The van der Waals surface area contributed by atoms with Crippen molar-refractivity contribution in [3.63, 3.8) is 0 Å². The number of hydrogen-bond donors (Lipinski definition) is 0. The lowest BCUT2D eigenvalue weighted by atomic mass is 9.66. The van der Waals surface area contributed by atoms with Crippen LogP contribution in [0.2, 0.25) is 5.02 Å². The lowest BCUT2D eigenvalue weighted by molar-refractivity contribution is 0.438. The van der Waals surface area contributed by atoms with Crippen molar-refractivity contribution in [2.24, 2.45) is 0 Å². The monoisotopic (exact) mass is 366 g/mol. The average Bonchev–Trinajstić information content (AvgIpc) is 3.04. The van der Waals surface area contributed by atoms with E-state index in [2.05, 4.69) is 72.8 Å². The number of rotatable bonds is 1. The number of benzene rings is 4. The van der Waals surface area contributed by atoms with Crippen molar-refractivity contribution in [2.45, 2.75) is 5.41 Å². The van der Waals surface area contributed by atoms with Gasteiger partial charge in [-0.1, -0.05) is 90.5 Å². The maximum absolute atomic E-state index is 6.64. The van der Waals surface area contributed by atoms with Gasteiger partial charge in [0.25, 0.3) is 0 Å². The fraction of sp³-hybridized carbons (Fsp3) is 0.0400. The summed E-state index contributed by atoms with van der Waals surface area (Å²) in [4.78, 5) is 0. The number of halogens is 1. The lowest BCUT2D eigenvalue weighted by Crippen LogP contribution is -2.32. The number of hydrogen-bond acceptors (Lipinski definition) is 1. The molecule has 0 saturated heterocycles.